The molecule has 0 spiro atoms. The summed E-state index contributed by atoms with van der Waals surface area (Å²) in [5.41, 5.74) is 6.65. The summed E-state index contributed by atoms with van der Waals surface area (Å²) in [5.74, 6) is 0.518. The number of aryl methyl sites for hydroxylation is 1. The van der Waals surface area contributed by atoms with Gasteiger partial charge in [0.25, 0.3) is 5.56 Å². The largest absolute Gasteiger partial charge is 0.306 e. The molecule has 30 heavy (non-hydrogen) atoms. The van der Waals surface area contributed by atoms with Crippen molar-refractivity contribution < 1.29 is 0 Å². The van der Waals surface area contributed by atoms with Gasteiger partial charge in [-0.3, -0.25) is 14.8 Å². The summed E-state index contributed by atoms with van der Waals surface area (Å²) < 4.78 is 0. The molecule has 0 aliphatic carbocycles. The van der Waals surface area contributed by atoms with E-state index in [0.29, 0.717) is 24.5 Å². The van der Waals surface area contributed by atoms with Gasteiger partial charge >= 0.3 is 0 Å². The maximum absolute atomic E-state index is 12.7. The monoisotopic (exact) mass is 399 g/mol. The number of nitrogens with zero attached hydrogens (tertiary/aromatic N) is 5. The molecule has 8 nitrogen and oxygen atoms in total. The Hall–Kier alpha value is -3.65. The summed E-state index contributed by atoms with van der Waals surface area (Å²) in [6.45, 7) is 4.17. The molecule has 0 bridgehead atoms. The van der Waals surface area contributed by atoms with Crippen LogP contribution >= 0.6 is 0 Å². The predicted molar refractivity (Wildman–Crippen MR) is 112 cm³/mol. The van der Waals surface area contributed by atoms with E-state index >= 15 is 0 Å². The van der Waals surface area contributed by atoms with Crippen molar-refractivity contribution in [3.8, 4) is 22.6 Å². The fourth-order valence-corrected chi connectivity index (χ4v) is 3.82. The highest BCUT2D eigenvalue weighted by molar-refractivity contribution is 5.62. The SMILES string of the molecule is Cc1ccc(-c2[nH]ncc2CN2CCc3nc(-c4cncnc4)[nH]c(=O)c3C2)cc1. The molecular formula is C22H21N7O. The van der Waals surface area contributed by atoms with E-state index in [1.165, 1.54) is 11.9 Å². The molecule has 1 aromatic carbocycles. The number of hydrogen-bond acceptors (Lipinski definition) is 6. The van der Waals surface area contributed by atoms with Crippen LogP contribution in [0.4, 0.5) is 0 Å². The Bertz CT molecular complexity index is 1230. The lowest BCUT2D eigenvalue weighted by molar-refractivity contribution is 0.242. The number of fused-ring (bicyclic) bond motifs is 1. The molecule has 4 heterocycles. The van der Waals surface area contributed by atoms with E-state index in [1.54, 1.807) is 12.4 Å². The first kappa shape index (κ1) is 18.4. The summed E-state index contributed by atoms with van der Waals surface area (Å²) in [6.07, 6.45) is 7.35. The van der Waals surface area contributed by atoms with Gasteiger partial charge in [0.2, 0.25) is 0 Å². The van der Waals surface area contributed by atoms with E-state index in [4.69, 9.17) is 0 Å². The molecule has 0 radical (unpaired) electrons. The molecule has 150 valence electrons. The zero-order valence-electron chi connectivity index (χ0n) is 16.6. The van der Waals surface area contributed by atoms with Crippen molar-refractivity contribution in [2.24, 2.45) is 0 Å². The van der Waals surface area contributed by atoms with Gasteiger partial charge in [0, 0.05) is 44.0 Å². The maximum Gasteiger partial charge on any atom is 0.255 e. The van der Waals surface area contributed by atoms with Crippen LogP contribution in [0.1, 0.15) is 22.4 Å². The van der Waals surface area contributed by atoms with Gasteiger partial charge in [0.05, 0.1) is 28.7 Å². The highest BCUT2D eigenvalue weighted by Gasteiger charge is 2.23. The Balaban J connectivity index is 1.38. The van der Waals surface area contributed by atoms with Crippen molar-refractivity contribution >= 4 is 0 Å². The number of H-pyrrole nitrogens is 2. The average Bonchev–Trinajstić information content (AvgIpc) is 3.23. The van der Waals surface area contributed by atoms with E-state index in [2.05, 4.69) is 66.2 Å². The third kappa shape index (κ3) is 3.53. The molecule has 3 aromatic heterocycles. The first-order valence-electron chi connectivity index (χ1n) is 9.86. The number of hydrogen-bond donors (Lipinski definition) is 2. The third-order valence-electron chi connectivity index (χ3n) is 5.43. The van der Waals surface area contributed by atoms with Gasteiger partial charge in [-0.05, 0) is 12.5 Å². The van der Waals surface area contributed by atoms with Crippen LogP contribution in [0.25, 0.3) is 22.6 Å². The van der Waals surface area contributed by atoms with E-state index < -0.39 is 0 Å². The van der Waals surface area contributed by atoms with Crippen molar-refractivity contribution in [3.63, 3.8) is 0 Å². The first-order valence-corrected chi connectivity index (χ1v) is 9.86. The van der Waals surface area contributed by atoms with E-state index in [9.17, 15) is 4.79 Å². The van der Waals surface area contributed by atoms with Gasteiger partial charge in [-0.2, -0.15) is 5.10 Å². The first-order chi connectivity index (χ1) is 14.7. The van der Waals surface area contributed by atoms with Gasteiger partial charge in [-0.1, -0.05) is 29.8 Å². The Kier molecular flexibility index (Phi) is 4.68. The lowest BCUT2D eigenvalue weighted by Crippen LogP contribution is -2.35. The van der Waals surface area contributed by atoms with Crippen LogP contribution in [0, 0.1) is 6.92 Å². The van der Waals surface area contributed by atoms with Gasteiger partial charge in [0.1, 0.15) is 12.2 Å². The standard InChI is InChI=1S/C22H21N7O/c1-14-2-4-15(5-3-14)20-17(10-25-28-20)11-29-7-6-19-18(12-29)22(30)27-21(26-19)16-8-23-13-24-9-16/h2-5,8-10,13H,6-7,11-12H2,1H3,(H,25,28)(H,26,27,30). The predicted octanol–water partition coefficient (Wildman–Crippen LogP) is 2.48. The zero-order chi connectivity index (χ0) is 20.5. The molecule has 8 heteroatoms. The molecule has 0 unspecified atom stereocenters. The van der Waals surface area contributed by atoms with Crippen LogP contribution in [0.15, 0.2) is 54.0 Å². The number of benzene rings is 1. The molecule has 2 N–H and O–H groups in total. The third-order valence-corrected chi connectivity index (χ3v) is 5.43. The molecule has 0 fully saturated rings. The van der Waals surface area contributed by atoms with E-state index in [-0.39, 0.29) is 5.56 Å². The van der Waals surface area contributed by atoms with Crippen LogP contribution in [0.3, 0.4) is 0 Å². The average molecular weight is 399 g/mol. The zero-order valence-corrected chi connectivity index (χ0v) is 16.6. The molecule has 0 saturated carbocycles. The number of aromatic nitrogens is 6. The van der Waals surface area contributed by atoms with E-state index in [1.807, 2.05) is 6.20 Å². The van der Waals surface area contributed by atoms with Crippen molar-refractivity contribution in [1.29, 1.82) is 0 Å². The highest BCUT2D eigenvalue weighted by atomic mass is 16.1. The number of nitrogens with one attached hydrogen (secondary N) is 2. The smallest absolute Gasteiger partial charge is 0.255 e. The lowest BCUT2D eigenvalue weighted by Gasteiger charge is -2.27. The molecule has 0 amide bonds. The summed E-state index contributed by atoms with van der Waals surface area (Å²) >= 11 is 0. The molecule has 4 aromatic rings. The van der Waals surface area contributed by atoms with Crippen LogP contribution in [0.2, 0.25) is 0 Å². The topological polar surface area (TPSA) is 103 Å². The van der Waals surface area contributed by atoms with Crippen LogP contribution in [-0.4, -0.2) is 41.6 Å². The van der Waals surface area contributed by atoms with Crippen molar-refractivity contribution in [2.75, 3.05) is 6.54 Å². The Morgan fingerprint density at radius 2 is 1.87 bits per heavy atom. The normalized spacial score (nSPS) is 13.9. The lowest BCUT2D eigenvalue weighted by atomic mass is 10.0. The molecule has 1 aliphatic heterocycles. The van der Waals surface area contributed by atoms with Crippen LogP contribution in [-0.2, 0) is 19.5 Å². The second kappa shape index (κ2) is 7.64. The maximum atomic E-state index is 12.7. The summed E-state index contributed by atoms with van der Waals surface area (Å²) in [7, 11) is 0. The number of rotatable bonds is 4. The minimum absolute atomic E-state index is 0.102. The number of aromatic amines is 2. The van der Waals surface area contributed by atoms with Gasteiger partial charge < -0.3 is 4.98 Å². The highest BCUT2D eigenvalue weighted by Crippen LogP contribution is 2.25. The quantitative estimate of drug-likeness (QED) is 0.546. The van der Waals surface area contributed by atoms with Gasteiger partial charge in [-0.25, -0.2) is 15.0 Å². The fraction of sp³-hybridized carbons (Fsp3) is 0.227. The summed E-state index contributed by atoms with van der Waals surface area (Å²) in [5, 5.41) is 7.37. The summed E-state index contributed by atoms with van der Waals surface area (Å²) in [4.78, 5) is 30.6. The van der Waals surface area contributed by atoms with Crippen LogP contribution < -0.4 is 5.56 Å². The summed E-state index contributed by atoms with van der Waals surface area (Å²) in [6, 6.07) is 8.39. The Morgan fingerprint density at radius 3 is 2.67 bits per heavy atom. The minimum Gasteiger partial charge on any atom is -0.306 e. The Morgan fingerprint density at radius 1 is 1.07 bits per heavy atom. The molecule has 0 atom stereocenters. The second-order valence-electron chi connectivity index (χ2n) is 7.56. The van der Waals surface area contributed by atoms with Crippen molar-refractivity contribution in [2.45, 2.75) is 26.4 Å². The Labute approximate surface area is 173 Å². The van der Waals surface area contributed by atoms with Gasteiger partial charge in [0.15, 0.2) is 0 Å². The van der Waals surface area contributed by atoms with E-state index in [0.717, 1.165) is 41.0 Å². The molecular weight excluding hydrogens is 378 g/mol. The molecule has 1 aliphatic rings. The minimum atomic E-state index is -0.102. The second-order valence-corrected chi connectivity index (χ2v) is 7.56. The van der Waals surface area contributed by atoms with Crippen molar-refractivity contribution in [3.05, 3.63) is 81.9 Å². The van der Waals surface area contributed by atoms with Gasteiger partial charge in [-0.15, -0.1) is 0 Å². The van der Waals surface area contributed by atoms with Crippen molar-refractivity contribution in [1.82, 2.24) is 35.0 Å². The van der Waals surface area contributed by atoms with Crippen LogP contribution in [0.5, 0.6) is 0 Å². The molecule has 5 rings (SSSR count). The fourth-order valence-electron chi connectivity index (χ4n) is 3.82. The molecule has 0 saturated heterocycles.